The summed E-state index contributed by atoms with van der Waals surface area (Å²) < 4.78 is 42.1. The van der Waals surface area contributed by atoms with Crippen LogP contribution in [0.25, 0.3) is 16.6 Å². The maximum atomic E-state index is 13.9. The lowest BCUT2D eigenvalue weighted by Gasteiger charge is -2.14. The van der Waals surface area contributed by atoms with Crippen molar-refractivity contribution in [3.8, 4) is 5.69 Å². The van der Waals surface area contributed by atoms with Gasteiger partial charge in [0.1, 0.15) is 11.6 Å². The molecule has 2 amide bonds. The molecule has 0 fully saturated rings. The van der Waals surface area contributed by atoms with E-state index in [9.17, 15) is 18.0 Å². The van der Waals surface area contributed by atoms with Crippen molar-refractivity contribution in [2.24, 2.45) is 0 Å². The summed E-state index contributed by atoms with van der Waals surface area (Å²) >= 11 is 0. The van der Waals surface area contributed by atoms with Gasteiger partial charge in [-0.3, -0.25) is 10.3 Å². The minimum absolute atomic E-state index is 0.317. The molecule has 0 radical (unpaired) electrons. The molecule has 2 N–H and O–H groups in total. The standard InChI is InChI=1S/C23H20F3N5O/c1-23(2,3)20-12-21(29-22(32)28-19-11-16(25)15(24)10-17(19)26)31(30-20)14-6-7-18-13(9-14)5-4-8-27-18/h4-12H,1-3H3,(H2,28,29,32). The highest BCUT2D eigenvalue weighted by molar-refractivity contribution is 5.99. The van der Waals surface area contributed by atoms with Crippen LogP contribution in [-0.4, -0.2) is 20.8 Å². The topological polar surface area (TPSA) is 71.8 Å². The molecule has 0 aliphatic heterocycles. The van der Waals surface area contributed by atoms with Crippen LogP contribution in [0.5, 0.6) is 0 Å². The number of pyridine rings is 1. The van der Waals surface area contributed by atoms with Gasteiger partial charge in [-0.25, -0.2) is 22.6 Å². The number of nitrogens with one attached hydrogen (secondary N) is 2. The highest BCUT2D eigenvalue weighted by Crippen LogP contribution is 2.28. The quantitative estimate of drug-likeness (QED) is 0.398. The summed E-state index contributed by atoms with van der Waals surface area (Å²) in [6.45, 7) is 5.93. The average Bonchev–Trinajstić information content (AvgIpc) is 3.16. The number of anilines is 2. The van der Waals surface area contributed by atoms with Gasteiger partial charge in [0.05, 0.1) is 22.6 Å². The van der Waals surface area contributed by atoms with Crippen molar-refractivity contribution in [1.82, 2.24) is 14.8 Å². The summed E-state index contributed by atoms with van der Waals surface area (Å²) in [7, 11) is 0. The van der Waals surface area contributed by atoms with Crippen LogP contribution >= 0.6 is 0 Å². The van der Waals surface area contributed by atoms with E-state index in [-0.39, 0.29) is 5.41 Å². The van der Waals surface area contributed by atoms with Crippen LogP contribution in [-0.2, 0) is 5.41 Å². The second-order valence-electron chi connectivity index (χ2n) is 8.28. The molecule has 0 saturated carbocycles. The SMILES string of the molecule is CC(C)(C)c1cc(NC(=O)Nc2cc(F)c(F)cc2F)n(-c2ccc3ncccc3c2)n1. The molecule has 2 heterocycles. The number of benzene rings is 2. The highest BCUT2D eigenvalue weighted by Gasteiger charge is 2.22. The van der Waals surface area contributed by atoms with Crippen molar-refractivity contribution in [3.05, 3.63) is 77.9 Å². The van der Waals surface area contributed by atoms with Gasteiger partial charge in [-0.1, -0.05) is 26.8 Å². The van der Waals surface area contributed by atoms with Crippen molar-refractivity contribution in [3.63, 3.8) is 0 Å². The number of halogens is 3. The summed E-state index contributed by atoms with van der Waals surface area (Å²) in [6, 6.07) is 11.1. The first-order valence-electron chi connectivity index (χ1n) is 9.80. The minimum atomic E-state index is -1.34. The van der Waals surface area contributed by atoms with E-state index in [1.807, 2.05) is 51.1 Å². The van der Waals surface area contributed by atoms with Gasteiger partial charge in [0.15, 0.2) is 11.6 Å². The number of nitrogens with zero attached hydrogens (tertiary/aromatic N) is 3. The predicted molar refractivity (Wildman–Crippen MR) is 117 cm³/mol. The molecule has 0 aliphatic carbocycles. The third kappa shape index (κ3) is 4.27. The zero-order valence-electron chi connectivity index (χ0n) is 17.6. The molecule has 9 heteroatoms. The molecule has 0 saturated heterocycles. The molecule has 4 rings (SSSR count). The van der Waals surface area contributed by atoms with Gasteiger partial charge in [0, 0.05) is 35.2 Å². The van der Waals surface area contributed by atoms with Gasteiger partial charge in [0.2, 0.25) is 0 Å². The number of fused-ring (bicyclic) bond motifs is 1. The van der Waals surface area contributed by atoms with Gasteiger partial charge >= 0.3 is 6.03 Å². The van der Waals surface area contributed by atoms with E-state index in [0.29, 0.717) is 29.3 Å². The Labute approximate surface area is 182 Å². The Morgan fingerprint density at radius 2 is 1.69 bits per heavy atom. The Balaban J connectivity index is 1.69. The van der Waals surface area contributed by atoms with E-state index in [2.05, 4.69) is 20.7 Å². The average molecular weight is 439 g/mol. The molecule has 164 valence electrons. The number of rotatable bonds is 3. The molecule has 4 aromatic rings. The second kappa shape index (κ2) is 7.99. The summed E-state index contributed by atoms with van der Waals surface area (Å²) in [4.78, 5) is 16.8. The third-order valence-corrected chi connectivity index (χ3v) is 4.81. The monoisotopic (exact) mass is 439 g/mol. The van der Waals surface area contributed by atoms with E-state index in [1.54, 1.807) is 16.9 Å². The van der Waals surface area contributed by atoms with Crippen molar-refractivity contribution in [2.75, 3.05) is 10.6 Å². The van der Waals surface area contributed by atoms with Crippen molar-refractivity contribution in [1.29, 1.82) is 0 Å². The van der Waals surface area contributed by atoms with Crippen molar-refractivity contribution in [2.45, 2.75) is 26.2 Å². The molecule has 0 bridgehead atoms. The molecule has 6 nitrogen and oxygen atoms in total. The van der Waals surface area contributed by atoms with Crippen LogP contribution < -0.4 is 10.6 Å². The molecule has 0 atom stereocenters. The molecule has 0 aliphatic rings. The number of urea groups is 1. The van der Waals surface area contributed by atoms with Crippen LogP contribution in [0, 0.1) is 17.5 Å². The zero-order chi connectivity index (χ0) is 23.0. The number of carbonyl (C=O) groups is 1. The smallest absolute Gasteiger partial charge is 0.305 e. The molecule has 2 aromatic heterocycles. The molecule has 2 aromatic carbocycles. The zero-order valence-corrected chi connectivity index (χ0v) is 17.6. The van der Waals surface area contributed by atoms with Crippen LogP contribution in [0.4, 0.5) is 29.5 Å². The number of hydrogen-bond donors (Lipinski definition) is 2. The fourth-order valence-corrected chi connectivity index (χ4v) is 3.12. The Morgan fingerprint density at radius 1 is 0.938 bits per heavy atom. The lowest BCUT2D eigenvalue weighted by atomic mass is 9.92. The number of aromatic nitrogens is 3. The van der Waals surface area contributed by atoms with Crippen molar-refractivity contribution >= 4 is 28.4 Å². The Kier molecular flexibility index (Phi) is 5.33. The van der Waals surface area contributed by atoms with E-state index in [1.165, 1.54) is 0 Å². The summed E-state index contributed by atoms with van der Waals surface area (Å²) in [5, 5.41) is 10.3. The van der Waals surface area contributed by atoms with Gasteiger partial charge in [-0.05, 0) is 24.3 Å². The van der Waals surface area contributed by atoms with E-state index >= 15 is 0 Å². The Bertz CT molecular complexity index is 1330. The van der Waals surface area contributed by atoms with E-state index < -0.39 is 29.2 Å². The van der Waals surface area contributed by atoms with Crippen LogP contribution in [0.15, 0.2) is 54.7 Å². The maximum absolute atomic E-state index is 13.9. The largest absolute Gasteiger partial charge is 0.324 e. The molecule has 32 heavy (non-hydrogen) atoms. The van der Waals surface area contributed by atoms with Crippen molar-refractivity contribution < 1.29 is 18.0 Å². The molecular weight excluding hydrogens is 419 g/mol. The molecular formula is C23H20F3N5O. The Morgan fingerprint density at radius 3 is 2.44 bits per heavy atom. The fraction of sp³-hybridized carbons (Fsp3) is 0.174. The lowest BCUT2D eigenvalue weighted by Crippen LogP contribution is -2.22. The van der Waals surface area contributed by atoms with Gasteiger partial charge in [-0.15, -0.1) is 0 Å². The number of carbonyl (C=O) groups excluding carboxylic acids is 1. The van der Waals surface area contributed by atoms with Gasteiger partial charge in [-0.2, -0.15) is 5.10 Å². The maximum Gasteiger partial charge on any atom is 0.324 e. The second-order valence-corrected chi connectivity index (χ2v) is 8.28. The van der Waals surface area contributed by atoms with E-state index in [4.69, 9.17) is 0 Å². The van der Waals surface area contributed by atoms with Gasteiger partial charge < -0.3 is 5.32 Å². The van der Waals surface area contributed by atoms with Crippen LogP contribution in [0.3, 0.4) is 0 Å². The summed E-state index contributed by atoms with van der Waals surface area (Å²) in [5.41, 5.74) is 1.39. The molecule has 0 unspecified atom stereocenters. The van der Waals surface area contributed by atoms with Crippen LogP contribution in [0.1, 0.15) is 26.5 Å². The third-order valence-electron chi connectivity index (χ3n) is 4.81. The molecule has 0 spiro atoms. The first kappa shape index (κ1) is 21.4. The summed E-state index contributed by atoms with van der Waals surface area (Å²) in [5.74, 6) is -3.39. The Hall–Kier alpha value is -3.88. The predicted octanol–water partition coefficient (Wildman–Crippen LogP) is 5.78. The first-order valence-corrected chi connectivity index (χ1v) is 9.80. The lowest BCUT2D eigenvalue weighted by molar-refractivity contribution is 0.262. The normalized spacial score (nSPS) is 11.6. The van der Waals surface area contributed by atoms with E-state index in [0.717, 1.165) is 10.9 Å². The summed E-state index contributed by atoms with van der Waals surface area (Å²) in [6.07, 6.45) is 1.70. The first-order chi connectivity index (χ1) is 15.1. The fourth-order valence-electron chi connectivity index (χ4n) is 3.12. The van der Waals surface area contributed by atoms with Gasteiger partial charge in [0.25, 0.3) is 0 Å². The highest BCUT2D eigenvalue weighted by atomic mass is 19.2. The number of amides is 2. The number of hydrogen-bond acceptors (Lipinski definition) is 3. The minimum Gasteiger partial charge on any atom is -0.305 e. The van der Waals surface area contributed by atoms with Crippen LogP contribution in [0.2, 0.25) is 0 Å².